The predicted octanol–water partition coefficient (Wildman–Crippen LogP) is 3.32. The number of benzene rings is 2. The molecule has 1 heterocycles. The Morgan fingerprint density at radius 2 is 1.77 bits per heavy atom. The average Bonchev–Trinajstić information content (AvgIpc) is 2.76. The van der Waals surface area contributed by atoms with Crippen molar-refractivity contribution in [1.82, 2.24) is 15.5 Å². The van der Waals surface area contributed by atoms with Gasteiger partial charge in [0.2, 0.25) is 0 Å². The number of nitrogens with one attached hydrogen (secondary N) is 2. The second-order valence-electron chi connectivity index (χ2n) is 7.24. The van der Waals surface area contributed by atoms with Crippen LogP contribution in [0.5, 0.6) is 5.75 Å². The van der Waals surface area contributed by atoms with E-state index >= 15 is 0 Å². The molecule has 1 saturated heterocycles. The van der Waals surface area contributed by atoms with Crippen LogP contribution in [0.1, 0.15) is 22.3 Å². The molecule has 3 rings (SSSR count). The molecule has 164 valence electrons. The van der Waals surface area contributed by atoms with Gasteiger partial charge in [0.05, 0.1) is 20.3 Å². The van der Waals surface area contributed by atoms with E-state index in [0.717, 1.165) is 62.2 Å². The van der Waals surface area contributed by atoms with Crippen LogP contribution in [0.4, 0.5) is 0 Å². The van der Waals surface area contributed by atoms with Gasteiger partial charge in [-0.05, 0) is 35.2 Å². The molecule has 0 amide bonds. The third kappa shape index (κ3) is 7.14. The van der Waals surface area contributed by atoms with Crippen LogP contribution >= 0.6 is 24.0 Å². The zero-order valence-corrected chi connectivity index (χ0v) is 20.4. The predicted molar refractivity (Wildman–Crippen MR) is 133 cm³/mol. The molecule has 2 aromatic carbocycles. The SMILES string of the molecule is CN=C(NCc1ccc(C)c(OC)c1)NCc1ccccc1CN1CCOCC1.I. The van der Waals surface area contributed by atoms with Gasteiger partial charge in [-0.2, -0.15) is 0 Å². The summed E-state index contributed by atoms with van der Waals surface area (Å²) >= 11 is 0. The third-order valence-electron chi connectivity index (χ3n) is 5.22. The fourth-order valence-electron chi connectivity index (χ4n) is 3.44. The first kappa shape index (κ1) is 24.4. The summed E-state index contributed by atoms with van der Waals surface area (Å²) in [5, 5.41) is 6.82. The van der Waals surface area contributed by atoms with Crippen molar-refractivity contribution < 1.29 is 9.47 Å². The third-order valence-corrected chi connectivity index (χ3v) is 5.22. The standard InChI is InChI=1S/C23H32N4O2.HI/c1-18-8-9-19(14-22(18)28-3)15-25-23(24-2)26-16-20-6-4-5-7-21(20)17-27-10-12-29-13-11-27;/h4-9,14H,10-13,15-17H2,1-3H3,(H2,24,25,26);1H. The van der Waals surface area contributed by atoms with Crippen molar-refractivity contribution in [3.63, 3.8) is 0 Å². The second-order valence-corrected chi connectivity index (χ2v) is 7.24. The summed E-state index contributed by atoms with van der Waals surface area (Å²) in [5.74, 6) is 1.69. The molecule has 7 heteroatoms. The fourth-order valence-corrected chi connectivity index (χ4v) is 3.44. The quantitative estimate of drug-likeness (QED) is 0.331. The van der Waals surface area contributed by atoms with E-state index in [1.54, 1.807) is 14.2 Å². The monoisotopic (exact) mass is 524 g/mol. The minimum Gasteiger partial charge on any atom is -0.496 e. The first-order valence-electron chi connectivity index (χ1n) is 10.1. The van der Waals surface area contributed by atoms with E-state index < -0.39 is 0 Å². The Morgan fingerprint density at radius 3 is 2.47 bits per heavy atom. The molecule has 0 atom stereocenters. The minimum atomic E-state index is 0. The lowest BCUT2D eigenvalue weighted by Crippen LogP contribution is -2.37. The van der Waals surface area contributed by atoms with E-state index in [2.05, 4.69) is 63.0 Å². The van der Waals surface area contributed by atoms with Crippen LogP contribution in [0.3, 0.4) is 0 Å². The first-order chi connectivity index (χ1) is 14.2. The maximum absolute atomic E-state index is 5.46. The van der Waals surface area contributed by atoms with Crippen molar-refractivity contribution in [2.24, 2.45) is 4.99 Å². The van der Waals surface area contributed by atoms with Gasteiger partial charge in [-0.1, -0.05) is 36.4 Å². The fraction of sp³-hybridized carbons (Fsp3) is 0.435. The summed E-state index contributed by atoms with van der Waals surface area (Å²) in [7, 11) is 3.50. The van der Waals surface area contributed by atoms with Gasteiger partial charge in [0.25, 0.3) is 0 Å². The topological polar surface area (TPSA) is 58.1 Å². The molecule has 1 fully saturated rings. The van der Waals surface area contributed by atoms with Crippen molar-refractivity contribution in [2.75, 3.05) is 40.5 Å². The highest BCUT2D eigenvalue weighted by molar-refractivity contribution is 14.0. The highest BCUT2D eigenvalue weighted by Crippen LogP contribution is 2.18. The number of methoxy groups -OCH3 is 1. The van der Waals surface area contributed by atoms with Gasteiger partial charge in [0, 0.05) is 39.8 Å². The van der Waals surface area contributed by atoms with E-state index in [1.807, 2.05) is 6.92 Å². The number of hydrogen-bond acceptors (Lipinski definition) is 4. The average molecular weight is 524 g/mol. The zero-order valence-electron chi connectivity index (χ0n) is 18.1. The minimum absolute atomic E-state index is 0. The van der Waals surface area contributed by atoms with Crippen molar-refractivity contribution in [2.45, 2.75) is 26.6 Å². The van der Waals surface area contributed by atoms with Gasteiger partial charge in [-0.15, -0.1) is 24.0 Å². The number of morpholine rings is 1. The number of hydrogen-bond donors (Lipinski definition) is 2. The highest BCUT2D eigenvalue weighted by atomic mass is 127. The summed E-state index contributed by atoms with van der Waals surface area (Å²) in [4.78, 5) is 6.80. The van der Waals surface area contributed by atoms with Crippen LogP contribution in [-0.4, -0.2) is 51.3 Å². The van der Waals surface area contributed by atoms with E-state index in [9.17, 15) is 0 Å². The summed E-state index contributed by atoms with van der Waals surface area (Å²) in [6.07, 6.45) is 0. The molecule has 0 unspecified atom stereocenters. The molecule has 0 spiro atoms. The maximum atomic E-state index is 5.46. The Balaban J connectivity index is 0.00000320. The van der Waals surface area contributed by atoms with Crippen molar-refractivity contribution >= 4 is 29.9 Å². The summed E-state index contributed by atoms with van der Waals surface area (Å²) in [5.41, 5.74) is 4.93. The number of rotatable bonds is 7. The normalized spacial score (nSPS) is 14.7. The number of aliphatic imine (C=N–C) groups is 1. The second kappa shape index (κ2) is 12.8. The summed E-state index contributed by atoms with van der Waals surface area (Å²) < 4.78 is 10.9. The molecule has 0 bridgehead atoms. The lowest BCUT2D eigenvalue weighted by Gasteiger charge is -2.27. The van der Waals surface area contributed by atoms with E-state index in [-0.39, 0.29) is 24.0 Å². The van der Waals surface area contributed by atoms with Crippen LogP contribution in [0, 0.1) is 6.92 Å². The van der Waals surface area contributed by atoms with E-state index in [0.29, 0.717) is 6.54 Å². The van der Waals surface area contributed by atoms with Crippen LogP contribution in [0.2, 0.25) is 0 Å². The van der Waals surface area contributed by atoms with Gasteiger partial charge < -0.3 is 20.1 Å². The zero-order chi connectivity index (χ0) is 20.5. The molecule has 2 aromatic rings. The summed E-state index contributed by atoms with van der Waals surface area (Å²) in [6.45, 7) is 8.04. The lowest BCUT2D eigenvalue weighted by atomic mass is 10.1. The van der Waals surface area contributed by atoms with Crippen LogP contribution in [-0.2, 0) is 24.4 Å². The molecule has 0 radical (unpaired) electrons. The van der Waals surface area contributed by atoms with Crippen molar-refractivity contribution in [1.29, 1.82) is 0 Å². The number of guanidine groups is 1. The van der Waals surface area contributed by atoms with Crippen molar-refractivity contribution in [3.05, 3.63) is 64.7 Å². The van der Waals surface area contributed by atoms with Crippen LogP contribution in [0.25, 0.3) is 0 Å². The molecule has 0 aromatic heterocycles. The smallest absolute Gasteiger partial charge is 0.191 e. The first-order valence-corrected chi connectivity index (χ1v) is 10.1. The Bertz CT molecular complexity index is 823. The Morgan fingerprint density at radius 1 is 1.07 bits per heavy atom. The molecule has 1 aliphatic heterocycles. The molecular formula is C23H33IN4O2. The molecule has 0 aliphatic carbocycles. The molecule has 0 saturated carbocycles. The van der Waals surface area contributed by atoms with Crippen molar-refractivity contribution in [3.8, 4) is 5.75 Å². The lowest BCUT2D eigenvalue weighted by molar-refractivity contribution is 0.0341. The molecule has 30 heavy (non-hydrogen) atoms. The van der Waals surface area contributed by atoms with E-state index in [4.69, 9.17) is 9.47 Å². The molecular weight excluding hydrogens is 491 g/mol. The van der Waals surface area contributed by atoms with Crippen LogP contribution in [0.15, 0.2) is 47.5 Å². The molecule has 6 nitrogen and oxygen atoms in total. The number of aryl methyl sites for hydroxylation is 1. The van der Waals surface area contributed by atoms with Crippen LogP contribution < -0.4 is 15.4 Å². The van der Waals surface area contributed by atoms with E-state index in [1.165, 1.54) is 11.1 Å². The van der Waals surface area contributed by atoms with Gasteiger partial charge >= 0.3 is 0 Å². The Kier molecular flexibility index (Phi) is 10.4. The van der Waals surface area contributed by atoms with Gasteiger partial charge in [0.15, 0.2) is 5.96 Å². The Labute approximate surface area is 197 Å². The summed E-state index contributed by atoms with van der Waals surface area (Å²) in [6, 6.07) is 14.8. The largest absolute Gasteiger partial charge is 0.496 e. The molecule has 1 aliphatic rings. The number of nitrogens with zero attached hydrogens (tertiary/aromatic N) is 2. The number of ether oxygens (including phenoxy) is 2. The number of halogens is 1. The Hall–Kier alpha value is -1.84. The van der Waals surface area contributed by atoms with Gasteiger partial charge in [-0.3, -0.25) is 9.89 Å². The molecule has 2 N–H and O–H groups in total. The van der Waals surface area contributed by atoms with Gasteiger partial charge in [0.1, 0.15) is 5.75 Å². The highest BCUT2D eigenvalue weighted by Gasteiger charge is 2.13. The maximum Gasteiger partial charge on any atom is 0.191 e. The van der Waals surface area contributed by atoms with Gasteiger partial charge in [-0.25, -0.2) is 0 Å².